The largest absolute Gasteiger partial charge is 0.270 e. The van der Waals surface area contributed by atoms with Crippen molar-refractivity contribution in [2.75, 3.05) is 11.5 Å². The normalized spacial score (nSPS) is 19.5. The fourth-order valence-electron chi connectivity index (χ4n) is 0.612. The van der Waals surface area contributed by atoms with E-state index >= 15 is 0 Å². The molecule has 1 fully saturated rings. The molecule has 0 aliphatic carbocycles. The molecule has 0 amide bonds. The van der Waals surface area contributed by atoms with Crippen LogP contribution in [0, 0.1) is 0 Å². The summed E-state index contributed by atoms with van der Waals surface area (Å²) >= 11 is 1.57. The van der Waals surface area contributed by atoms with Gasteiger partial charge in [0.15, 0.2) is 0 Å². The van der Waals surface area contributed by atoms with Crippen LogP contribution in [0.2, 0.25) is 0 Å². The second-order valence-corrected chi connectivity index (χ2v) is 2.77. The molecular formula is C5H6F2S. The van der Waals surface area contributed by atoms with E-state index < -0.39 is 6.08 Å². The minimum atomic E-state index is -1.46. The second-order valence-electron chi connectivity index (χ2n) is 1.67. The molecule has 0 aromatic rings. The van der Waals surface area contributed by atoms with Gasteiger partial charge in [0.05, 0.1) is 0 Å². The highest BCUT2D eigenvalue weighted by atomic mass is 32.2. The lowest BCUT2D eigenvalue weighted by Crippen LogP contribution is -1.77. The third-order valence-electron chi connectivity index (χ3n) is 1.09. The van der Waals surface area contributed by atoms with Gasteiger partial charge in [-0.15, -0.1) is 0 Å². The van der Waals surface area contributed by atoms with Gasteiger partial charge in [0, 0.05) is 11.3 Å². The molecule has 0 atom stereocenters. The van der Waals surface area contributed by atoms with Crippen molar-refractivity contribution in [3.63, 3.8) is 0 Å². The molecule has 0 saturated carbocycles. The average molecular weight is 136 g/mol. The van der Waals surface area contributed by atoms with E-state index in [1.54, 1.807) is 11.8 Å². The molecule has 1 aliphatic rings. The van der Waals surface area contributed by atoms with Crippen LogP contribution in [0.15, 0.2) is 11.7 Å². The van der Waals surface area contributed by atoms with Crippen molar-refractivity contribution in [1.29, 1.82) is 0 Å². The predicted molar refractivity (Wildman–Crippen MR) is 31.2 cm³/mol. The van der Waals surface area contributed by atoms with E-state index in [0.717, 1.165) is 5.75 Å². The van der Waals surface area contributed by atoms with Crippen LogP contribution in [0.3, 0.4) is 0 Å². The number of hydrogen-bond donors (Lipinski definition) is 0. The molecule has 0 aromatic carbocycles. The van der Waals surface area contributed by atoms with Gasteiger partial charge in [0.2, 0.25) is 0 Å². The molecule has 1 aliphatic heterocycles. The van der Waals surface area contributed by atoms with Gasteiger partial charge < -0.3 is 0 Å². The van der Waals surface area contributed by atoms with Crippen LogP contribution < -0.4 is 0 Å². The van der Waals surface area contributed by atoms with Crippen LogP contribution in [-0.4, -0.2) is 11.5 Å². The van der Waals surface area contributed by atoms with E-state index in [4.69, 9.17) is 0 Å². The monoisotopic (exact) mass is 136 g/mol. The van der Waals surface area contributed by atoms with E-state index in [1.165, 1.54) is 0 Å². The molecular weight excluding hydrogens is 130 g/mol. The summed E-state index contributed by atoms with van der Waals surface area (Å²) in [6.45, 7) is 0. The Hall–Kier alpha value is -0.0500. The van der Waals surface area contributed by atoms with Crippen LogP contribution in [0.1, 0.15) is 6.42 Å². The Morgan fingerprint density at radius 2 is 2.25 bits per heavy atom. The van der Waals surface area contributed by atoms with Gasteiger partial charge in [-0.3, -0.25) is 0 Å². The third-order valence-corrected chi connectivity index (χ3v) is 2.14. The topological polar surface area (TPSA) is 0 Å². The first-order valence-electron chi connectivity index (χ1n) is 2.41. The molecule has 1 rings (SSSR count). The van der Waals surface area contributed by atoms with Crippen LogP contribution in [0.4, 0.5) is 8.78 Å². The van der Waals surface area contributed by atoms with Crippen LogP contribution in [-0.2, 0) is 0 Å². The van der Waals surface area contributed by atoms with Crippen LogP contribution >= 0.6 is 11.8 Å². The molecule has 0 bridgehead atoms. The molecule has 8 heavy (non-hydrogen) atoms. The minimum absolute atomic E-state index is 0.343. The van der Waals surface area contributed by atoms with Gasteiger partial charge >= 0.3 is 0 Å². The summed E-state index contributed by atoms with van der Waals surface area (Å²) in [5.41, 5.74) is 0.343. The number of rotatable bonds is 0. The van der Waals surface area contributed by atoms with Crippen molar-refractivity contribution in [3.05, 3.63) is 11.7 Å². The van der Waals surface area contributed by atoms with E-state index in [2.05, 4.69) is 0 Å². The van der Waals surface area contributed by atoms with Gasteiger partial charge in [0.1, 0.15) is 0 Å². The summed E-state index contributed by atoms with van der Waals surface area (Å²) in [5.74, 6) is 1.41. The standard InChI is InChI=1S/C5H6F2S/c6-5(7)4-1-2-8-3-4/h1-3H2. The van der Waals surface area contributed by atoms with Crippen molar-refractivity contribution in [3.8, 4) is 0 Å². The quantitative estimate of drug-likeness (QED) is 0.492. The van der Waals surface area contributed by atoms with Crippen molar-refractivity contribution in [2.24, 2.45) is 0 Å². The fraction of sp³-hybridized carbons (Fsp3) is 0.600. The van der Waals surface area contributed by atoms with Crippen LogP contribution in [0.25, 0.3) is 0 Å². The van der Waals surface area contributed by atoms with Gasteiger partial charge in [0.25, 0.3) is 6.08 Å². The third kappa shape index (κ3) is 1.22. The smallest absolute Gasteiger partial charge is 0.173 e. The highest BCUT2D eigenvalue weighted by Gasteiger charge is 2.11. The molecule has 0 unspecified atom stereocenters. The maximum Gasteiger partial charge on any atom is 0.270 e. The first-order chi connectivity index (χ1) is 3.80. The lowest BCUT2D eigenvalue weighted by Gasteiger charge is -1.86. The maximum absolute atomic E-state index is 11.6. The SMILES string of the molecule is FC(F)=C1CCSC1. The molecule has 1 saturated heterocycles. The molecule has 0 nitrogen and oxygen atoms in total. The summed E-state index contributed by atoms with van der Waals surface area (Å²) in [7, 11) is 0. The molecule has 0 spiro atoms. The maximum atomic E-state index is 11.6. The zero-order valence-corrected chi connectivity index (χ0v) is 5.10. The summed E-state index contributed by atoms with van der Waals surface area (Å²) < 4.78 is 23.2. The number of hydrogen-bond acceptors (Lipinski definition) is 1. The lowest BCUT2D eigenvalue weighted by atomic mass is 10.3. The van der Waals surface area contributed by atoms with E-state index in [-0.39, 0.29) is 0 Å². The van der Waals surface area contributed by atoms with Crippen LogP contribution in [0.5, 0.6) is 0 Å². The van der Waals surface area contributed by atoms with E-state index in [9.17, 15) is 8.78 Å². The van der Waals surface area contributed by atoms with Gasteiger partial charge in [-0.1, -0.05) is 0 Å². The molecule has 46 valence electrons. The first kappa shape index (κ1) is 6.08. The first-order valence-corrected chi connectivity index (χ1v) is 3.57. The summed E-state index contributed by atoms with van der Waals surface area (Å²) in [6, 6.07) is 0. The highest BCUT2D eigenvalue weighted by Crippen LogP contribution is 2.26. The Morgan fingerprint density at radius 3 is 2.50 bits per heavy atom. The van der Waals surface area contributed by atoms with Gasteiger partial charge in [-0.2, -0.15) is 20.5 Å². The minimum Gasteiger partial charge on any atom is -0.173 e. The summed E-state index contributed by atoms with van der Waals surface area (Å²) in [6.07, 6.45) is -0.873. The lowest BCUT2D eigenvalue weighted by molar-refractivity contribution is 0.410. The van der Waals surface area contributed by atoms with Crippen molar-refractivity contribution in [1.82, 2.24) is 0 Å². The van der Waals surface area contributed by atoms with Crippen molar-refractivity contribution in [2.45, 2.75) is 6.42 Å². The Labute approximate surface area is 51.0 Å². The zero-order chi connectivity index (χ0) is 5.98. The summed E-state index contributed by atoms with van der Waals surface area (Å²) in [5, 5.41) is 0. The molecule has 0 aromatic heterocycles. The van der Waals surface area contributed by atoms with Crippen molar-refractivity contribution < 1.29 is 8.78 Å². The highest BCUT2D eigenvalue weighted by molar-refractivity contribution is 7.99. The Morgan fingerprint density at radius 1 is 1.50 bits per heavy atom. The number of thioether (sulfide) groups is 1. The number of halogens is 2. The second kappa shape index (κ2) is 2.49. The molecule has 0 N–H and O–H groups in total. The predicted octanol–water partition coefficient (Wildman–Crippen LogP) is 2.27. The van der Waals surface area contributed by atoms with Crippen molar-refractivity contribution >= 4 is 11.8 Å². The molecule has 1 heterocycles. The van der Waals surface area contributed by atoms with E-state index in [0.29, 0.717) is 17.7 Å². The summed E-state index contributed by atoms with van der Waals surface area (Å²) in [4.78, 5) is 0. The molecule has 0 radical (unpaired) electrons. The zero-order valence-electron chi connectivity index (χ0n) is 4.29. The average Bonchev–Trinajstić information content (AvgIpc) is 2.12. The Bertz CT molecular complexity index is 108. The Balaban J connectivity index is 2.58. The van der Waals surface area contributed by atoms with E-state index in [1.807, 2.05) is 0 Å². The molecule has 3 heteroatoms. The fourth-order valence-corrected chi connectivity index (χ4v) is 1.65. The Kier molecular flexibility index (Phi) is 1.89. The van der Waals surface area contributed by atoms with Gasteiger partial charge in [-0.05, 0) is 12.2 Å². The van der Waals surface area contributed by atoms with Gasteiger partial charge in [-0.25, -0.2) is 0 Å².